The number of ether oxygens (including phenoxy) is 3. The van der Waals surface area contributed by atoms with Gasteiger partial charge in [0.2, 0.25) is 5.91 Å². The maximum absolute atomic E-state index is 13.9. The summed E-state index contributed by atoms with van der Waals surface area (Å²) in [5.41, 5.74) is 1.85. The number of unbranched alkanes of at least 4 members (excludes halogenated alkanes) is 1. The lowest BCUT2D eigenvalue weighted by Crippen LogP contribution is -2.07. The van der Waals surface area contributed by atoms with Gasteiger partial charge in [0.15, 0.2) is 11.5 Å². The standard InChI is InChI=1S/C27H27BrFNO4/c1-3-4-15-33-22-12-10-21(11-13-22)30-26(31)14-9-19-16-23(28)27(25(17-19)32-2)34-18-20-7-5-6-8-24(20)29/h5-14,16-17H,3-4,15,18H2,1-2H3,(H,30,31)/b14-9+. The number of hydrogen-bond acceptors (Lipinski definition) is 4. The number of benzene rings is 3. The zero-order valence-electron chi connectivity index (χ0n) is 19.1. The van der Waals surface area contributed by atoms with Crippen LogP contribution in [0.4, 0.5) is 10.1 Å². The fraction of sp³-hybridized carbons (Fsp3) is 0.222. The third kappa shape index (κ3) is 7.35. The lowest BCUT2D eigenvalue weighted by atomic mass is 10.1. The molecule has 0 bridgehead atoms. The largest absolute Gasteiger partial charge is 0.494 e. The topological polar surface area (TPSA) is 56.8 Å². The number of methoxy groups -OCH3 is 1. The van der Waals surface area contributed by atoms with Crippen LogP contribution in [0.1, 0.15) is 30.9 Å². The van der Waals surface area contributed by atoms with Gasteiger partial charge in [-0.25, -0.2) is 4.39 Å². The van der Waals surface area contributed by atoms with E-state index < -0.39 is 0 Å². The molecule has 0 unspecified atom stereocenters. The van der Waals surface area contributed by atoms with Crippen molar-refractivity contribution in [3.8, 4) is 17.2 Å². The van der Waals surface area contributed by atoms with Crippen molar-refractivity contribution in [2.75, 3.05) is 19.0 Å². The molecule has 0 aromatic heterocycles. The third-order valence-corrected chi connectivity index (χ3v) is 5.49. The third-order valence-electron chi connectivity index (χ3n) is 4.90. The summed E-state index contributed by atoms with van der Waals surface area (Å²) in [5, 5.41) is 2.82. The number of hydrogen-bond donors (Lipinski definition) is 1. The molecule has 3 aromatic carbocycles. The number of amides is 1. The van der Waals surface area contributed by atoms with E-state index in [-0.39, 0.29) is 18.3 Å². The van der Waals surface area contributed by atoms with Crippen LogP contribution >= 0.6 is 15.9 Å². The highest BCUT2D eigenvalue weighted by atomic mass is 79.9. The van der Waals surface area contributed by atoms with Gasteiger partial charge in [-0.3, -0.25) is 4.79 Å². The zero-order chi connectivity index (χ0) is 24.3. The van der Waals surface area contributed by atoms with E-state index in [2.05, 4.69) is 28.2 Å². The molecular formula is C27H27BrFNO4. The second-order valence-corrected chi connectivity index (χ2v) is 8.32. The molecule has 0 saturated carbocycles. The average Bonchev–Trinajstić information content (AvgIpc) is 2.84. The molecule has 7 heteroatoms. The van der Waals surface area contributed by atoms with Gasteiger partial charge in [-0.15, -0.1) is 0 Å². The van der Waals surface area contributed by atoms with Crippen LogP contribution in [0, 0.1) is 5.82 Å². The highest BCUT2D eigenvalue weighted by Gasteiger charge is 2.12. The summed E-state index contributed by atoms with van der Waals surface area (Å²) in [7, 11) is 1.52. The molecule has 0 aliphatic rings. The Labute approximate surface area is 207 Å². The lowest BCUT2D eigenvalue weighted by Gasteiger charge is -2.14. The first-order valence-electron chi connectivity index (χ1n) is 11.0. The molecule has 0 saturated heterocycles. The predicted molar refractivity (Wildman–Crippen MR) is 136 cm³/mol. The first-order valence-corrected chi connectivity index (χ1v) is 11.7. The number of carbonyl (C=O) groups excluding carboxylic acids is 1. The van der Waals surface area contributed by atoms with E-state index in [9.17, 15) is 9.18 Å². The fourth-order valence-electron chi connectivity index (χ4n) is 3.07. The van der Waals surface area contributed by atoms with Crippen LogP contribution in [0.2, 0.25) is 0 Å². The quantitative estimate of drug-likeness (QED) is 0.215. The van der Waals surface area contributed by atoms with Gasteiger partial charge >= 0.3 is 0 Å². The van der Waals surface area contributed by atoms with E-state index >= 15 is 0 Å². The molecule has 5 nitrogen and oxygen atoms in total. The maximum atomic E-state index is 13.9. The SMILES string of the molecule is CCCCOc1ccc(NC(=O)/C=C/c2cc(Br)c(OCc3ccccc3F)c(OC)c2)cc1. The summed E-state index contributed by atoms with van der Waals surface area (Å²) >= 11 is 3.48. The first-order chi connectivity index (χ1) is 16.5. The van der Waals surface area contributed by atoms with Crippen molar-refractivity contribution in [3.05, 3.63) is 88.2 Å². The number of anilines is 1. The molecule has 0 radical (unpaired) electrons. The smallest absolute Gasteiger partial charge is 0.248 e. The van der Waals surface area contributed by atoms with Gasteiger partial charge in [0.1, 0.15) is 18.2 Å². The highest BCUT2D eigenvalue weighted by molar-refractivity contribution is 9.10. The molecule has 178 valence electrons. The van der Waals surface area contributed by atoms with Crippen molar-refractivity contribution in [1.29, 1.82) is 0 Å². The van der Waals surface area contributed by atoms with Crippen molar-refractivity contribution in [2.24, 2.45) is 0 Å². The molecule has 3 aromatic rings. The van der Waals surface area contributed by atoms with Crippen molar-refractivity contribution < 1.29 is 23.4 Å². The molecule has 0 spiro atoms. The molecule has 3 rings (SSSR count). The van der Waals surface area contributed by atoms with Crippen molar-refractivity contribution in [2.45, 2.75) is 26.4 Å². The molecule has 34 heavy (non-hydrogen) atoms. The van der Waals surface area contributed by atoms with E-state index in [4.69, 9.17) is 14.2 Å². The number of carbonyl (C=O) groups is 1. The summed E-state index contributed by atoms with van der Waals surface area (Å²) in [5.74, 6) is 1.09. The molecule has 0 fully saturated rings. The van der Waals surface area contributed by atoms with Gasteiger partial charge in [-0.1, -0.05) is 31.5 Å². The summed E-state index contributed by atoms with van der Waals surface area (Å²) in [4.78, 5) is 12.3. The Hall–Kier alpha value is -3.32. The van der Waals surface area contributed by atoms with Crippen LogP contribution in [0.3, 0.4) is 0 Å². The van der Waals surface area contributed by atoms with Crippen molar-refractivity contribution >= 4 is 33.6 Å². The minimum atomic E-state index is -0.332. The molecule has 1 N–H and O–H groups in total. The average molecular weight is 528 g/mol. The molecule has 0 heterocycles. The van der Waals surface area contributed by atoms with Crippen LogP contribution in [-0.4, -0.2) is 19.6 Å². The normalized spacial score (nSPS) is 10.8. The minimum Gasteiger partial charge on any atom is -0.494 e. The second-order valence-electron chi connectivity index (χ2n) is 7.46. The van der Waals surface area contributed by atoms with Crippen molar-refractivity contribution in [3.63, 3.8) is 0 Å². The minimum absolute atomic E-state index is 0.0572. The zero-order valence-corrected chi connectivity index (χ0v) is 20.7. The Bertz CT molecular complexity index is 1130. The van der Waals surface area contributed by atoms with Crippen LogP contribution in [0.5, 0.6) is 17.2 Å². The Morgan fingerprint density at radius 2 is 1.85 bits per heavy atom. The fourth-order valence-corrected chi connectivity index (χ4v) is 3.64. The summed E-state index contributed by atoms with van der Waals surface area (Å²) in [6.07, 6.45) is 5.19. The van der Waals surface area contributed by atoms with Crippen LogP contribution in [-0.2, 0) is 11.4 Å². The van der Waals surface area contributed by atoms with Crippen LogP contribution in [0.15, 0.2) is 71.2 Å². The molecule has 1 amide bonds. The van der Waals surface area contributed by atoms with Gasteiger partial charge in [0.05, 0.1) is 18.2 Å². The summed E-state index contributed by atoms with van der Waals surface area (Å²) in [6, 6.07) is 17.2. The summed E-state index contributed by atoms with van der Waals surface area (Å²) < 4.78 is 31.4. The Morgan fingerprint density at radius 1 is 1.09 bits per heavy atom. The van der Waals surface area contributed by atoms with Crippen molar-refractivity contribution in [1.82, 2.24) is 0 Å². The van der Waals surface area contributed by atoms with Gasteiger partial charge in [-0.05, 0) is 76.5 Å². The molecular weight excluding hydrogens is 501 g/mol. The number of nitrogens with one attached hydrogen (secondary N) is 1. The molecule has 0 atom stereocenters. The van der Waals surface area contributed by atoms with E-state index in [1.54, 1.807) is 48.5 Å². The summed E-state index contributed by atoms with van der Waals surface area (Å²) in [6.45, 7) is 2.85. The van der Waals surface area contributed by atoms with Crippen LogP contribution < -0.4 is 19.5 Å². The monoisotopic (exact) mass is 527 g/mol. The Balaban J connectivity index is 1.62. The van der Waals surface area contributed by atoms with E-state index in [0.717, 1.165) is 24.2 Å². The number of rotatable bonds is 11. The Morgan fingerprint density at radius 3 is 2.56 bits per heavy atom. The Kier molecular flexibility index (Phi) is 9.52. The van der Waals surface area contributed by atoms with Gasteiger partial charge in [-0.2, -0.15) is 0 Å². The van der Waals surface area contributed by atoms with Gasteiger partial charge in [0.25, 0.3) is 0 Å². The first kappa shape index (κ1) is 25.3. The highest BCUT2D eigenvalue weighted by Crippen LogP contribution is 2.37. The molecule has 0 aliphatic carbocycles. The number of halogens is 2. The maximum Gasteiger partial charge on any atom is 0.248 e. The van der Waals surface area contributed by atoms with E-state index in [1.807, 2.05) is 12.1 Å². The van der Waals surface area contributed by atoms with E-state index in [1.165, 1.54) is 19.3 Å². The van der Waals surface area contributed by atoms with E-state index in [0.29, 0.717) is 33.8 Å². The van der Waals surface area contributed by atoms with Gasteiger partial charge in [0, 0.05) is 17.3 Å². The molecule has 0 aliphatic heterocycles. The van der Waals surface area contributed by atoms with Gasteiger partial charge < -0.3 is 19.5 Å². The lowest BCUT2D eigenvalue weighted by molar-refractivity contribution is -0.111. The predicted octanol–water partition coefficient (Wildman–Crippen LogP) is 7.01. The van der Waals surface area contributed by atoms with Crippen LogP contribution in [0.25, 0.3) is 6.08 Å². The second kappa shape index (κ2) is 12.8.